The summed E-state index contributed by atoms with van der Waals surface area (Å²) in [5.74, 6) is -0.384. The lowest BCUT2D eigenvalue weighted by Crippen LogP contribution is -2.43. The minimum absolute atomic E-state index is 0.315. The molecular weight excluding hydrogens is 360 g/mol. The van der Waals surface area contributed by atoms with Crippen LogP contribution in [0.4, 0.5) is 5.82 Å². The molecule has 1 saturated carbocycles. The zero-order chi connectivity index (χ0) is 19.3. The minimum atomic E-state index is -1.08. The first kappa shape index (κ1) is 16.9. The average molecular weight is 380 g/mol. The van der Waals surface area contributed by atoms with E-state index in [0.717, 1.165) is 41.4 Å². The molecule has 0 bridgehead atoms. The Labute approximate surface area is 160 Å². The van der Waals surface area contributed by atoms with E-state index < -0.39 is 11.5 Å². The summed E-state index contributed by atoms with van der Waals surface area (Å²) in [6.07, 6.45) is 7.81. The summed E-state index contributed by atoms with van der Waals surface area (Å²) in [6.45, 7) is 1.28. The Hall–Kier alpha value is -3.23. The molecule has 1 amide bonds. The highest BCUT2D eigenvalue weighted by Crippen LogP contribution is 2.40. The molecular formula is C19H20N6O3. The van der Waals surface area contributed by atoms with Crippen molar-refractivity contribution in [1.29, 1.82) is 0 Å². The van der Waals surface area contributed by atoms with E-state index >= 15 is 0 Å². The molecule has 3 aromatic heterocycles. The third-order valence-corrected chi connectivity index (χ3v) is 5.69. The van der Waals surface area contributed by atoms with Crippen LogP contribution in [0.2, 0.25) is 0 Å². The third-order valence-electron chi connectivity index (χ3n) is 5.69. The van der Waals surface area contributed by atoms with Crippen LogP contribution in [0, 0.1) is 5.92 Å². The first-order chi connectivity index (χ1) is 13.6. The number of anilines is 1. The van der Waals surface area contributed by atoms with Gasteiger partial charge < -0.3 is 15.4 Å². The zero-order valence-electron chi connectivity index (χ0n) is 15.2. The number of esters is 1. The molecule has 1 unspecified atom stereocenters. The first-order valence-corrected chi connectivity index (χ1v) is 9.42. The third kappa shape index (κ3) is 2.65. The van der Waals surface area contributed by atoms with Crippen LogP contribution in [0.25, 0.3) is 21.8 Å². The molecule has 1 aliphatic carbocycles. The number of nitrogens with one attached hydrogen (secondary N) is 1. The number of rotatable bonds is 4. The Kier molecular flexibility index (Phi) is 3.71. The number of fused-ring (bicyclic) bond motifs is 3. The number of aromatic amines is 1. The van der Waals surface area contributed by atoms with Crippen LogP contribution < -0.4 is 10.6 Å². The topological polar surface area (TPSA) is 127 Å². The second kappa shape index (κ2) is 6.15. The van der Waals surface area contributed by atoms with Gasteiger partial charge in [0.15, 0.2) is 11.2 Å². The van der Waals surface area contributed by atoms with Crippen molar-refractivity contribution in [2.24, 2.45) is 11.7 Å². The van der Waals surface area contributed by atoms with Crippen molar-refractivity contribution < 1.29 is 14.3 Å². The molecule has 2 fully saturated rings. The number of ether oxygens (including phenoxy) is 1. The Balaban J connectivity index is 1.45. The molecule has 0 aromatic carbocycles. The molecule has 9 heteroatoms. The van der Waals surface area contributed by atoms with Crippen molar-refractivity contribution in [3.63, 3.8) is 0 Å². The van der Waals surface area contributed by atoms with Gasteiger partial charge in [-0.25, -0.2) is 9.97 Å². The molecule has 2 aliphatic rings. The summed E-state index contributed by atoms with van der Waals surface area (Å²) in [4.78, 5) is 35.0. The van der Waals surface area contributed by atoms with Gasteiger partial charge in [-0.15, -0.1) is 0 Å². The van der Waals surface area contributed by atoms with E-state index in [4.69, 9.17) is 10.5 Å². The fourth-order valence-corrected chi connectivity index (χ4v) is 3.95. The maximum atomic E-state index is 12.7. The van der Waals surface area contributed by atoms with Crippen LogP contribution in [-0.2, 0) is 14.3 Å². The Morgan fingerprint density at radius 3 is 2.93 bits per heavy atom. The van der Waals surface area contributed by atoms with Gasteiger partial charge in [0.25, 0.3) is 5.91 Å². The lowest BCUT2D eigenvalue weighted by molar-refractivity contribution is -0.161. The van der Waals surface area contributed by atoms with Crippen molar-refractivity contribution in [1.82, 2.24) is 20.2 Å². The number of piperidine rings is 1. The average Bonchev–Trinajstić information content (AvgIpc) is 3.34. The van der Waals surface area contributed by atoms with Crippen molar-refractivity contribution in [3.05, 3.63) is 24.7 Å². The van der Waals surface area contributed by atoms with Gasteiger partial charge in [0, 0.05) is 54.5 Å². The maximum Gasteiger partial charge on any atom is 0.311 e. The van der Waals surface area contributed by atoms with E-state index in [1.807, 2.05) is 6.07 Å². The Morgan fingerprint density at radius 2 is 2.14 bits per heavy atom. The summed E-state index contributed by atoms with van der Waals surface area (Å²) in [5.41, 5.74) is 4.98. The van der Waals surface area contributed by atoms with Crippen LogP contribution >= 0.6 is 0 Å². The molecule has 0 radical (unpaired) electrons. The summed E-state index contributed by atoms with van der Waals surface area (Å²) in [6, 6.07) is 1.93. The molecule has 28 heavy (non-hydrogen) atoms. The highest BCUT2D eigenvalue weighted by atomic mass is 16.6. The monoisotopic (exact) mass is 380 g/mol. The second-order valence-corrected chi connectivity index (χ2v) is 7.55. The lowest BCUT2D eigenvalue weighted by atomic mass is 9.97. The van der Waals surface area contributed by atoms with Gasteiger partial charge in [0.2, 0.25) is 0 Å². The number of carbonyl (C=O) groups excluding carboxylic acids is 2. The van der Waals surface area contributed by atoms with Crippen LogP contribution in [-0.4, -0.2) is 50.7 Å². The predicted molar refractivity (Wildman–Crippen MR) is 101 cm³/mol. The largest absolute Gasteiger partial charge is 0.449 e. The van der Waals surface area contributed by atoms with E-state index in [9.17, 15) is 9.59 Å². The molecule has 0 spiro atoms. The van der Waals surface area contributed by atoms with Crippen molar-refractivity contribution >= 4 is 39.5 Å². The van der Waals surface area contributed by atoms with E-state index in [-0.39, 0.29) is 11.9 Å². The molecule has 1 aliphatic heterocycles. The molecule has 9 nitrogen and oxygen atoms in total. The van der Waals surface area contributed by atoms with Gasteiger partial charge in [-0.2, -0.15) is 5.10 Å². The predicted octanol–water partition coefficient (Wildman–Crippen LogP) is 1.28. The fourth-order valence-electron chi connectivity index (χ4n) is 3.95. The normalized spacial score (nSPS) is 21.0. The summed E-state index contributed by atoms with van der Waals surface area (Å²) >= 11 is 0. The standard InChI is InChI=1S/C19H20N6O3/c20-18(27)19(4-5-19)28-17(26)11-2-1-7-25(10-11)16-14-12(9-23-24-16)8-22-15-13(14)3-6-21-15/h3,6,8-9,11,24H,1-2,4-5,7,10H2,(H2,20,27). The molecule has 3 aromatic rings. The summed E-state index contributed by atoms with van der Waals surface area (Å²) < 4.78 is 5.49. The van der Waals surface area contributed by atoms with Crippen LogP contribution in [0.15, 0.2) is 24.7 Å². The van der Waals surface area contributed by atoms with Gasteiger partial charge in [0.1, 0.15) is 5.82 Å². The zero-order valence-corrected chi connectivity index (χ0v) is 15.2. The fraction of sp³-hybridized carbons (Fsp3) is 0.421. The Bertz CT molecular complexity index is 1090. The van der Waals surface area contributed by atoms with Gasteiger partial charge >= 0.3 is 5.97 Å². The summed E-state index contributed by atoms with van der Waals surface area (Å²) in [7, 11) is 0. The molecule has 144 valence electrons. The number of nitrogens with two attached hydrogens (primary N) is 1. The van der Waals surface area contributed by atoms with Gasteiger partial charge in [-0.05, 0) is 18.9 Å². The number of amides is 1. The quantitative estimate of drug-likeness (QED) is 0.653. The SMILES string of the molecule is NC(=O)C1(OC(=O)C2CCCN(c3[nH]ncc4cnc5nccc5c34)C2)CC1. The first-order valence-electron chi connectivity index (χ1n) is 9.42. The maximum absolute atomic E-state index is 12.7. The molecule has 1 atom stereocenters. The van der Waals surface area contributed by atoms with Crippen molar-refractivity contribution in [2.75, 3.05) is 18.0 Å². The molecule has 3 N–H and O–H groups in total. The lowest BCUT2D eigenvalue weighted by Gasteiger charge is -2.33. The van der Waals surface area contributed by atoms with E-state index in [2.05, 4.69) is 25.1 Å². The van der Waals surface area contributed by atoms with E-state index in [1.165, 1.54) is 0 Å². The smallest absolute Gasteiger partial charge is 0.311 e. The minimum Gasteiger partial charge on any atom is -0.449 e. The number of hydrogen-bond donors (Lipinski definition) is 2. The van der Waals surface area contributed by atoms with Crippen LogP contribution in [0.5, 0.6) is 0 Å². The van der Waals surface area contributed by atoms with E-state index in [1.54, 1.807) is 18.6 Å². The number of pyridine rings is 1. The molecule has 1 saturated heterocycles. The van der Waals surface area contributed by atoms with Gasteiger partial charge in [-0.3, -0.25) is 14.7 Å². The molecule has 5 rings (SSSR count). The Morgan fingerprint density at radius 1 is 1.29 bits per heavy atom. The van der Waals surface area contributed by atoms with Crippen LogP contribution in [0.1, 0.15) is 25.7 Å². The number of hydrogen-bond acceptors (Lipinski definition) is 7. The van der Waals surface area contributed by atoms with Gasteiger partial charge in [-0.1, -0.05) is 0 Å². The van der Waals surface area contributed by atoms with E-state index in [0.29, 0.717) is 25.0 Å². The number of H-pyrrole nitrogens is 1. The highest BCUT2D eigenvalue weighted by Gasteiger charge is 2.53. The number of primary amides is 1. The second-order valence-electron chi connectivity index (χ2n) is 7.55. The molecule has 4 heterocycles. The van der Waals surface area contributed by atoms with Crippen LogP contribution in [0.3, 0.4) is 0 Å². The summed E-state index contributed by atoms with van der Waals surface area (Å²) in [5, 5.41) is 10.2. The van der Waals surface area contributed by atoms with Crippen molar-refractivity contribution in [3.8, 4) is 0 Å². The van der Waals surface area contributed by atoms with Crippen molar-refractivity contribution in [2.45, 2.75) is 31.3 Å². The number of aromatic nitrogens is 4. The number of nitrogens with zero attached hydrogens (tertiary/aromatic N) is 4. The highest BCUT2D eigenvalue weighted by molar-refractivity contribution is 6.10. The number of carbonyl (C=O) groups is 2. The van der Waals surface area contributed by atoms with Gasteiger partial charge in [0.05, 0.1) is 12.1 Å².